The molecule has 0 unspecified atom stereocenters. The van der Waals surface area contributed by atoms with Crippen molar-refractivity contribution in [2.75, 3.05) is 0 Å². The standard InChI is InChI=1S/C12H13FO3/c1-8-7-9(5-6-10(8)13)11(14)3-2-4-12(15)16/h5-7H,2-4H2,1H3,(H,15,16). The quantitative estimate of drug-likeness (QED) is 0.782. The van der Waals surface area contributed by atoms with Crippen molar-refractivity contribution in [1.29, 1.82) is 0 Å². The first-order valence-corrected chi connectivity index (χ1v) is 5.02. The zero-order chi connectivity index (χ0) is 12.1. The zero-order valence-corrected chi connectivity index (χ0v) is 9.00. The fourth-order valence-electron chi connectivity index (χ4n) is 1.36. The van der Waals surface area contributed by atoms with E-state index in [0.29, 0.717) is 17.5 Å². The first-order valence-electron chi connectivity index (χ1n) is 5.02. The summed E-state index contributed by atoms with van der Waals surface area (Å²) >= 11 is 0. The van der Waals surface area contributed by atoms with Crippen LogP contribution in [0.4, 0.5) is 4.39 Å². The van der Waals surface area contributed by atoms with E-state index in [1.807, 2.05) is 0 Å². The topological polar surface area (TPSA) is 54.4 Å². The summed E-state index contributed by atoms with van der Waals surface area (Å²) in [5.74, 6) is -1.41. The number of aryl methyl sites for hydroxylation is 1. The van der Waals surface area contributed by atoms with Crippen LogP contribution >= 0.6 is 0 Å². The Bertz CT molecular complexity index is 413. The maximum absolute atomic E-state index is 12.9. The molecule has 0 aliphatic carbocycles. The van der Waals surface area contributed by atoms with Crippen LogP contribution in [0, 0.1) is 12.7 Å². The highest BCUT2D eigenvalue weighted by atomic mass is 19.1. The molecule has 0 aromatic heterocycles. The van der Waals surface area contributed by atoms with Gasteiger partial charge in [-0.1, -0.05) is 0 Å². The lowest BCUT2D eigenvalue weighted by molar-refractivity contribution is -0.137. The molecule has 0 amide bonds. The Kier molecular flexibility index (Phi) is 4.17. The van der Waals surface area contributed by atoms with Crippen molar-refractivity contribution in [3.05, 3.63) is 35.1 Å². The van der Waals surface area contributed by atoms with Crippen LogP contribution in [-0.4, -0.2) is 16.9 Å². The monoisotopic (exact) mass is 224 g/mol. The van der Waals surface area contributed by atoms with Gasteiger partial charge < -0.3 is 5.11 Å². The van der Waals surface area contributed by atoms with Gasteiger partial charge in [0.2, 0.25) is 0 Å². The zero-order valence-electron chi connectivity index (χ0n) is 9.00. The van der Waals surface area contributed by atoms with E-state index in [1.54, 1.807) is 6.92 Å². The van der Waals surface area contributed by atoms with Gasteiger partial charge in [0.25, 0.3) is 0 Å². The van der Waals surface area contributed by atoms with Crippen LogP contribution in [-0.2, 0) is 4.79 Å². The van der Waals surface area contributed by atoms with Gasteiger partial charge in [0, 0.05) is 18.4 Å². The molecule has 1 aromatic carbocycles. The second-order valence-corrected chi connectivity index (χ2v) is 3.63. The van der Waals surface area contributed by atoms with Crippen LogP contribution in [0.25, 0.3) is 0 Å². The van der Waals surface area contributed by atoms with Gasteiger partial charge in [0.15, 0.2) is 5.78 Å². The summed E-state index contributed by atoms with van der Waals surface area (Å²) in [6.45, 7) is 1.59. The van der Waals surface area contributed by atoms with E-state index in [2.05, 4.69) is 0 Å². The molecule has 16 heavy (non-hydrogen) atoms. The summed E-state index contributed by atoms with van der Waals surface area (Å²) in [6.07, 6.45) is 0.466. The lowest BCUT2D eigenvalue weighted by atomic mass is 10.0. The van der Waals surface area contributed by atoms with Gasteiger partial charge in [-0.3, -0.25) is 9.59 Å². The third-order valence-electron chi connectivity index (χ3n) is 2.27. The van der Waals surface area contributed by atoms with Gasteiger partial charge >= 0.3 is 5.97 Å². The van der Waals surface area contributed by atoms with E-state index in [1.165, 1.54) is 18.2 Å². The largest absolute Gasteiger partial charge is 0.481 e. The molecule has 0 radical (unpaired) electrons. The third-order valence-corrected chi connectivity index (χ3v) is 2.27. The summed E-state index contributed by atoms with van der Waals surface area (Å²) < 4.78 is 12.9. The van der Waals surface area contributed by atoms with Crippen molar-refractivity contribution in [1.82, 2.24) is 0 Å². The number of halogens is 1. The molecule has 0 fully saturated rings. The maximum atomic E-state index is 12.9. The first-order chi connectivity index (χ1) is 7.50. The highest BCUT2D eigenvalue weighted by molar-refractivity contribution is 5.96. The molecule has 0 saturated heterocycles. The number of carboxylic acids is 1. The Morgan fingerprint density at radius 2 is 2.00 bits per heavy atom. The summed E-state index contributed by atoms with van der Waals surface area (Å²) in [7, 11) is 0. The molecule has 1 N–H and O–H groups in total. The summed E-state index contributed by atoms with van der Waals surface area (Å²) in [5.41, 5.74) is 0.855. The van der Waals surface area contributed by atoms with E-state index in [-0.39, 0.29) is 24.4 Å². The number of rotatable bonds is 5. The van der Waals surface area contributed by atoms with Crippen LogP contribution in [0.1, 0.15) is 35.2 Å². The van der Waals surface area contributed by atoms with Crippen molar-refractivity contribution in [2.45, 2.75) is 26.2 Å². The number of hydrogen-bond donors (Lipinski definition) is 1. The van der Waals surface area contributed by atoms with Gasteiger partial charge in [-0.05, 0) is 37.1 Å². The molecule has 0 atom stereocenters. The third kappa shape index (κ3) is 3.46. The number of carbonyl (C=O) groups is 2. The smallest absolute Gasteiger partial charge is 0.303 e. The lowest BCUT2D eigenvalue weighted by Gasteiger charge is -2.02. The number of carboxylic acid groups (broad SMARTS) is 1. The van der Waals surface area contributed by atoms with Crippen LogP contribution in [0.15, 0.2) is 18.2 Å². The lowest BCUT2D eigenvalue weighted by Crippen LogP contribution is -2.02. The number of Topliss-reactive ketones (excluding diaryl/α,β-unsaturated/α-hetero) is 1. The molecule has 0 heterocycles. The van der Waals surface area contributed by atoms with Gasteiger partial charge in [0.1, 0.15) is 5.82 Å². The van der Waals surface area contributed by atoms with Gasteiger partial charge in [-0.15, -0.1) is 0 Å². The van der Waals surface area contributed by atoms with Crippen molar-refractivity contribution < 1.29 is 19.1 Å². The molecule has 3 nitrogen and oxygen atoms in total. The SMILES string of the molecule is Cc1cc(C(=O)CCCC(=O)O)ccc1F. The first kappa shape index (κ1) is 12.4. The predicted octanol–water partition coefficient (Wildman–Crippen LogP) is 2.57. The molecule has 0 aliphatic rings. The average Bonchev–Trinajstić information content (AvgIpc) is 2.21. The number of benzene rings is 1. The molecular weight excluding hydrogens is 211 g/mol. The summed E-state index contributed by atoms with van der Waals surface area (Å²) in [6, 6.07) is 4.16. The molecule has 0 spiro atoms. The Balaban J connectivity index is 2.59. The second-order valence-electron chi connectivity index (χ2n) is 3.63. The van der Waals surface area contributed by atoms with Crippen molar-refractivity contribution >= 4 is 11.8 Å². The highest BCUT2D eigenvalue weighted by Crippen LogP contribution is 2.12. The van der Waals surface area contributed by atoms with Gasteiger partial charge in [-0.2, -0.15) is 0 Å². The normalized spacial score (nSPS) is 10.1. The number of hydrogen-bond acceptors (Lipinski definition) is 2. The van der Waals surface area contributed by atoms with Crippen LogP contribution in [0.2, 0.25) is 0 Å². The maximum Gasteiger partial charge on any atom is 0.303 e. The molecule has 1 rings (SSSR count). The van der Waals surface area contributed by atoms with Crippen molar-refractivity contribution in [3.8, 4) is 0 Å². The molecule has 0 bridgehead atoms. The fourth-order valence-corrected chi connectivity index (χ4v) is 1.36. The Labute approximate surface area is 92.9 Å². The summed E-state index contributed by atoms with van der Waals surface area (Å²) in [5, 5.41) is 8.42. The van der Waals surface area contributed by atoms with Crippen molar-refractivity contribution in [2.24, 2.45) is 0 Å². The molecule has 0 aliphatic heterocycles. The minimum absolute atomic E-state index is 0.0219. The number of ketones is 1. The minimum Gasteiger partial charge on any atom is -0.481 e. The Morgan fingerprint density at radius 1 is 1.31 bits per heavy atom. The predicted molar refractivity (Wildman–Crippen MR) is 57.0 cm³/mol. The van der Waals surface area contributed by atoms with E-state index < -0.39 is 5.97 Å². The van der Waals surface area contributed by atoms with E-state index in [9.17, 15) is 14.0 Å². The molecular formula is C12H13FO3. The fraction of sp³-hybridized carbons (Fsp3) is 0.333. The van der Waals surface area contributed by atoms with Crippen molar-refractivity contribution in [3.63, 3.8) is 0 Å². The Morgan fingerprint density at radius 3 is 2.56 bits per heavy atom. The second kappa shape index (κ2) is 5.39. The molecule has 86 valence electrons. The number of carbonyl (C=O) groups excluding carboxylic acids is 1. The summed E-state index contributed by atoms with van der Waals surface area (Å²) in [4.78, 5) is 21.8. The highest BCUT2D eigenvalue weighted by Gasteiger charge is 2.08. The van der Waals surface area contributed by atoms with E-state index >= 15 is 0 Å². The number of aliphatic carboxylic acids is 1. The molecule has 0 saturated carbocycles. The van der Waals surface area contributed by atoms with E-state index in [4.69, 9.17) is 5.11 Å². The average molecular weight is 224 g/mol. The Hall–Kier alpha value is -1.71. The van der Waals surface area contributed by atoms with Gasteiger partial charge in [-0.25, -0.2) is 4.39 Å². The molecule has 4 heteroatoms. The van der Waals surface area contributed by atoms with Crippen LogP contribution in [0.5, 0.6) is 0 Å². The van der Waals surface area contributed by atoms with Crippen LogP contribution in [0.3, 0.4) is 0 Å². The minimum atomic E-state index is -0.914. The van der Waals surface area contributed by atoms with E-state index in [0.717, 1.165) is 0 Å². The van der Waals surface area contributed by atoms with Crippen LogP contribution < -0.4 is 0 Å². The molecule has 1 aromatic rings. The van der Waals surface area contributed by atoms with Gasteiger partial charge in [0.05, 0.1) is 0 Å².